The zero-order valence-corrected chi connectivity index (χ0v) is 24.7. The maximum atomic E-state index is 6.48. The maximum absolute atomic E-state index is 6.48. The van der Waals surface area contributed by atoms with Crippen molar-refractivity contribution in [1.29, 1.82) is 0 Å². The number of ether oxygens (including phenoxy) is 4. The molecule has 1 aromatic carbocycles. The lowest BCUT2D eigenvalue weighted by atomic mass is 10.0. The molecule has 5 nitrogen and oxygen atoms in total. The van der Waals surface area contributed by atoms with E-state index in [1.807, 2.05) is 6.07 Å². The molecule has 0 bridgehead atoms. The predicted molar refractivity (Wildman–Crippen MR) is 141 cm³/mol. The van der Waals surface area contributed by atoms with Crippen molar-refractivity contribution in [2.45, 2.75) is 95.7 Å². The van der Waals surface area contributed by atoms with E-state index in [2.05, 4.69) is 82.7 Å². The lowest BCUT2D eigenvalue weighted by Gasteiger charge is -2.36. The number of benzene rings is 1. The van der Waals surface area contributed by atoms with Crippen LogP contribution in [0.3, 0.4) is 0 Å². The van der Waals surface area contributed by atoms with Crippen molar-refractivity contribution in [3.8, 4) is 11.5 Å². The minimum atomic E-state index is -1.88. The van der Waals surface area contributed by atoms with Crippen molar-refractivity contribution in [3.63, 3.8) is 0 Å². The molecule has 1 heterocycles. The molecule has 2 atom stereocenters. The topological polar surface area (TPSA) is 49.5 Å². The van der Waals surface area contributed by atoms with Crippen molar-refractivity contribution in [3.05, 3.63) is 34.9 Å². The Morgan fingerprint density at radius 1 is 1.24 bits per heavy atom. The normalized spacial score (nSPS) is 19.4. The van der Waals surface area contributed by atoms with Crippen LogP contribution in [0.15, 0.2) is 23.8 Å². The average Bonchev–Trinajstić information content (AvgIpc) is 3.34. The summed E-state index contributed by atoms with van der Waals surface area (Å²) >= 11 is 3.88. The third kappa shape index (κ3) is 7.82. The van der Waals surface area contributed by atoms with Crippen molar-refractivity contribution >= 4 is 24.2 Å². The minimum Gasteiger partial charge on any atom is -0.493 e. The molecular weight excluding hydrogens is 500 g/mol. The Kier molecular flexibility index (Phi) is 9.67. The van der Waals surface area contributed by atoms with Crippen LogP contribution in [-0.2, 0) is 20.5 Å². The fourth-order valence-corrected chi connectivity index (χ4v) is 5.15. The first-order valence-electron chi connectivity index (χ1n) is 11.7. The number of epoxide rings is 1. The van der Waals surface area contributed by atoms with Gasteiger partial charge in [0.2, 0.25) is 0 Å². The molecule has 1 unspecified atom stereocenters. The van der Waals surface area contributed by atoms with E-state index < -0.39 is 8.32 Å². The summed E-state index contributed by atoms with van der Waals surface area (Å²) in [5.41, 5.74) is 3.41. The molecule has 0 N–H and O–H groups in total. The summed E-state index contributed by atoms with van der Waals surface area (Å²) in [7, 11) is 1.41. The van der Waals surface area contributed by atoms with E-state index in [0.29, 0.717) is 24.2 Å². The van der Waals surface area contributed by atoms with Gasteiger partial charge in [-0.15, -0.1) is 0 Å². The van der Waals surface area contributed by atoms with Crippen LogP contribution in [0.4, 0.5) is 0 Å². The average molecular weight is 544 g/mol. The van der Waals surface area contributed by atoms with Gasteiger partial charge in [0.15, 0.2) is 26.6 Å². The Morgan fingerprint density at radius 3 is 2.39 bits per heavy atom. The molecule has 0 saturated carbocycles. The van der Waals surface area contributed by atoms with E-state index in [-0.39, 0.29) is 22.3 Å². The van der Waals surface area contributed by atoms with E-state index in [9.17, 15) is 0 Å². The zero-order valence-electron chi connectivity index (χ0n) is 22.1. The van der Waals surface area contributed by atoms with E-state index in [1.54, 1.807) is 14.2 Å². The second-order valence-electron chi connectivity index (χ2n) is 11.0. The highest BCUT2D eigenvalue weighted by Gasteiger charge is 2.46. The van der Waals surface area contributed by atoms with Gasteiger partial charge in [0.05, 0.1) is 30.2 Å². The summed E-state index contributed by atoms with van der Waals surface area (Å²) in [6.07, 6.45) is 4.62. The number of methoxy groups -OCH3 is 2. The van der Waals surface area contributed by atoms with Gasteiger partial charge in [0.25, 0.3) is 0 Å². The van der Waals surface area contributed by atoms with Gasteiger partial charge in [-0.05, 0) is 69.4 Å². The quantitative estimate of drug-likeness (QED) is 0.0896. The molecule has 1 aliphatic heterocycles. The fourth-order valence-electron chi connectivity index (χ4n) is 3.40. The van der Waals surface area contributed by atoms with E-state index in [1.165, 1.54) is 5.57 Å². The van der Waals surface area contributed by atoms with E-state index in [0.717, 1.165) is 24.0 Å². The molecule has 0 aromatic heterocycles. The summed E-state index contributed by atoms with van der Waals surface area (Å²) in [4.78, 5) is -0.0285. The summed E-state index contributed by atoms with van der Waals surface area (Å²) < 4.78 is 29.0. The third-order valence-corrected chi connectivity index (χ3v) is 12.0. The van der Waals surface area contributed by atoms with Crippen LogP contribution in [0.2, 0.25) is 18.1 Å². The first-order chi connectivity index (χ1) is 15.2. The van der Waals surface area contributed by atoms with Crippen LogP contribution < -0.4 is 9.47 Å². The molecule has 1 saturated heterocycles. The number of hydrogen-bond donors (Lipinski definition) is 0. The molecular formula is C26H43BrO5Si. The largest absolute Gasteiger partial charge is 0.493 e. The lowest BCUT2D eigenvalue weighted by Crippen LogP contribution is -2.40. The molecule has 1 fully saturated rings. The number of allylic oxidation sites excluding steroid dienone is 2. The van der Waals surface area contributed by atoms with Crippen molar-refractivity contribution in [2.75, 3.05) is 21.0 Å². The Balaban J connectivity index is 2.28. The van der Waals surface area contributed by atoms with Gasteiger partial charge in [-0.3, -0.25) is 0 Å². The van der Waals surface area contributed by atoms with Gasteiger partial charge in [-0.1, -0.05) is 48.4 Å². The smallest absolute Gasteiger partial charge is 0.192 e. The molecule has 0 radical (unpaired) electrons. The number of rotatable bonds is 12. The van der Waals surface area contributed by atoms with Crippen molar-refractivity contribution in [2.24, 2.45) is 0 Å². The maximum Gasteiger partial charge on any atom is 0.192 e. The molecule has 0 aliphatic carbocycles. The van der Waals surface area contributed by atoms with Crippen molar-refractivity contribution < 1.29 is 23.4 Å². The summed E-state index contributed by atoms with van der Waals surface area (Å²) in [5.74, 6) is 1.37. The Hall–Kier alpha value is -0.863. The number of alkyl halides is 1. The zero-order chi connectivity index (χ0) is 25.0. The highest BCUT2D eigenvalue weighted by molar-refractivity contribution is 9.09. The van der Waals surface area contributed by atoms with Gasteiger partial charge in [0.1, 0.15) is 0 Å². The molecule has 1 aliphatic rings. The van der Waals surface area contributed by atoms with Gasteiger partial charge in [-0.2, -0.15) is 0 Å². The van der Waals surface area contributed by atoms with Crippen LogP contribution in [0.5, 0.6) is 11.5 Å². The summed E-state index contributed by atoms with van der Waals surface area (Å²) in [6, 6.07) is 4.15. The second kappa shape index (κ2) is 11.3. The van der Waals surface area contributed by atoms with Crippen molar-refractivity contribution in [1.82, 2.24) is 0 Å². The lowest BCUT2D eigenvalue weighted by molar-refractivity contribution is 0.0485. The molecule has 7 heteroatoms. The summed E-state index contributed by atoms with van der Waals surface area (Å²) in [5, 5.41) is 0.152. The monoisotopic (exact) mass is 542 g/mol. The van der Waals surface area contributed by atoms with E-state index in [4.69, 9.17) is 23.4 Å². The molecule has 0 amide bonds. The molecule has 33 heavy (non-hydrogen) atoms. The summed E-state index contributed by atoms with van der Waals surface area (Å²) in [6.45, 7) is 18.5. The van der Waals surface area contributed by atoms with Crippen LogP contribution >= 0.6 is 15.9 Å². The number of halogens is 1. The Bertz CT molecular complexity index is 829. The van der Waals surface area contributed by atoms with Crippen LogP contribution in [0.1, 0.15) is 70.3 Å². The van der Waals surface area contributed by atoms with Crippen LogP contribution in [0, 0.1) is 0 Å². The standard InChI is InChI=1S/C26H43BrO5Si/c1-18(11-12-23-26(5,6)32-23)13-21(27)20-14-19(16-31-33(9,10)25(2,3)4)15-22(29-8)24(20)30-17-28-7/h13-15,21,23H,11-12,16-17H2,1-10H3/b18-13-/t21?,23-/m0/s1. The molecule has 2 rings (SSSR count). The number of hydrogen-bond acceptors (Lipinski definition) is 5. The van der Waals surface area contributed by atoms with Crippen LogP contribution in [0.25, 0.3) is 0 Å². The molecule has 188 valence electrons. The first-order valence-corrected chi connectivity index (χ1v) is 15.5. The van der Waals surface area contributed by atoms with Gasteiger partial charge < -0.3 is 23.4 Å². The molecule has 1 aromatic rings. The third-order valence-electron chi connectivity index (χ3n) is 6.78. The predicted octanol–water partition coefficient (Wildman–Crippen LogP) is 7.54. The van der Waals surface area contributed by atoms with Gasteiger partial charge >= 0.3 is 0 Å². The molecule has 0 spiro atoms. The van der Waals surface area contributed by atoms with Gasteiger partial charge in [-0.25, -0.2) is 0 Å². The SMILES string of the molecule is COCOc1c(OC)cc(CO[Si](C)(C)C(C)(C)C)cc1C(Br)/C=C(/C)CC[C@@H]1OC1(C)C. The van der Waals surface area contributed by atoms with Crippen LogP contribution in [-0.4, -0.2) is 41.0 Å². The Labute approximate surface area is 210 Å². The highest BCUT2D eigenvalue weighted by Crippen LogP contribution is 2.43. The highest BCUT2D eigenvalue weighted by atomic mass is 79.9. The second-order valence-corrected chi connectivity index (χ2v) is 16.8. The Morgan fingerprint density at radius 2 is 1.88 bits per heavy atom. The van der Waals surface area contributed by atoms with E-state index >= 15 is 0 Å². The van der Waals surface area contributed by atoms with Gasteiger partial charge in [0, 0.05) is 12.7 Å². The fraction of sp³-hybridized carbons (Fsp3) is 0.692. The minimum absolute atomic E-state index is 0.0285. The first kappa shape index (κ1) is 28.4.